The summed E-state index contributed by atoms with van der Waals surface area (Å²) in [5.74, 6) is 0. The lowest BCUT2D eigenvalue weighted by Crippen LogP contribution is -1.96. The summed E-state index contributed by atoms with van der Waals surface area (Å²) in [4.78, 5) is 5.75. The Balaban J connectivity index is 2.57. The molecule has 2 rings (SSSR count). The summed E-state index contributed by atoms with van der Waals surface area (Å²) in [6.45, 7) is 6.81. The number of thiazole rings is 1. The SMILES string of the molecule is Cc1ccc(-c2nc(C)sc2CN)c(C)c1. The van der Waals surface area contributed by atoms with Gasteiger partial charge in [0.2, 0.25) is 0 Å². The summed E-state index contributed by atoms with van der Waals surface area (Å²) in [5.41, 5.74) is 10.6. The monoisotopic (exact) mass is 232 g/mol. The number of benzene rings is 1. The molecule has 3 heteroatoms. The van der Waals surface area contributed by atoms with Gasteiger partial charge in [0.1, 0.15) is 0 Å². The minimum Gasteiger partial charge on any atom is -0.326 e. The molecule has 0 spiro atoms. The molecule has 0 radical (unpaired) electrons. The largest absolute Gasteiger partial charge is 0.326 e. The first-order valence-electron chi connectivity index (χ1n) is 5.36. The zero-order chi connectivity index (χ0) is 11.7. The third-order valence-electron chi connectivity index (χ3n) is 2.63. The van der Waals surface area contributed by atoms with Crippen molar-refractivity contribution in [3.8, 4) is 11.3 Å². The molecule has 0 atom stereocenters. The van der Waals surface area contributed by atoms with Gasteiger partial charge in [0.25, 0.3) is 0 Å². The second-order valence-electron chi connectivity index (χ2n) is 4.03. The smallest absolute Gasteiger partial charge is 0.0905 e. The van der Waals surface area contributed by atoms with E-state index in [0.717, 1.165) is 10.7 Å². The van der Waals surface area contributed by atoms with Crippen LogP contribution in [0.3, 0.4) is 0 Å². The quantitative estimate of drug-likeness (QED) is 0.863. The lowest BCUT2D eigenvalue weighted by Gasteiger charge is -2.05. The molecular formula is C13H16N2S. The molecule has 0 saturated heterocycles. The van der Waals surface area contributed by atoms with E-state index in [4.69, 9.17) is 5.73 Å². The van der Waals surface area contributed by atoms with E-state index < -0.39 is 0 Å². The van der Waals surface area contributed by atoms with Gasteiger partial charge in [0, 0.05) is 17.0 Å². The molecule has 0 amide bonds. The second kappa shape index (κ2) is 4.36. The minimum absolute atomic E-state index is 0.564. The Hall–Kier alpha value is -1.19. The molecule has 2 aromatic rings. The lowest BCUT2D eigenvalue weighted by molar-refractivity contribution is 1.09. The molecule has 84 valence electrons. The van der Waals surface area contributed by atoms with Gasteiger partial charge in [-0.1, -0.05) is 23.8 Å². The Morgan fingerprint density at radius 2 is 2.00 bits per heavy atom. The minimum atomic E-state index is 0.564. The van der Waals surface area contributed by atoms with Crippen LogP contribution < -0.4 is 5.73 Å². The Bertz CT molecular complexity index is 515. The van der Waals surface area contributed by atoms with Gasteiger partial charge in [0.05, 0.1) is 10.7 Å². The van der Waals surface area contributed by atoms with Crippen molar-refractivity contribution < 1.29 is 0 Å². The van der Waals surface area contributed by atoms with Crippen molar-refractivity contribution in [3.63, 3.8) is 0 Å². The van der Waals surface area contributed by atoms with Gasteiger partial charge in [-0.05, 0) is 26.3 Å². The maximum absolute atomic E-state index is 5.75. The molecular weight excluding hydrogens is 216 g/mol. The molecule has 1 aromatic heterocycles. The molecule has 2 nitrogen and oxygen atoms in total. The molecule has 0 aliphatic rings. The normalized spacial score (nSPS) is 10.8. The van der Waals surface area contributed by atoms with Gasteiger partial charge in [-0.25, -0.2) is 4.98 Å². The van der Waals surface area contributed by atoms with E-state index in [1.807, 2.05) is 6.92 Å². The average molecular weight is 232 g/mol. The number of aromatic nitrogens is 1. The predicted octanol–water partition coefficient (Wildman–Crippen LogP) is 3.19. The third-order valence-corrected chi connectivity index (χ3v) is 3.62. The molecule has 2 N–H and O–H groups in total. The van der Waals surface area contributed by atoms with Gasteiger partial charge in [0.15, 0.2) is 0 Å². The van der Waals surface area contributed by atoms with Crippen LogP contribution in [0.15, 0.2) is 18.2 Å². The van der Waals surface area contributed by atoms with E-state index in [1.54, 1.807) is 11.3 Å². The molecule has 0 saturated carbocycles. The van der Waals surface area contributed by atoms with Crippen molar-refractivity contribution >= 4 is 11.3 Å². The van der Waals surface area contributed by atoms with Crippen LogP contribution in [0, 0.1) is 20.8 Å². The first kappa shape index (κ1) is 11.3. The third kappa shape index (κ3) is 2.01. The Kier molecular flexibility index (Phi) is 3.08. The summed E-state index contributed by atoms with van der Waals surface area (Å²) in [6, 6.07) is 6.44. The number of hydrogen-bond donors (Lipinski definition) is 1. The molecule has 1 aromatic carbocycles. The van der Waals surface area contributed by atoms with Crippen molar-refractivity contribution in [2.45, 2.75) is 27.3 Å². The molecule has 0 unspecified atom stereocenters. The van der Waals surface area contributed by atoms with Crippen molar-refractivity contribution in [2.75, 3.05) is 0 Å². The Morgan fingerprint density at radius 1 is 1.25 bits per heavy atom. The molecule has 0 fully saturated rings. The highest BCUT2D eigenvalue weighted by Gasteiger charge is 2.11. The topological polar surface area (TPSA) is 38.9 Å². The van der Waals surface area contributed by atoms with Crippen LogP contribution in [0.1, 0.15) is 21.0 Å². The lowest BCUT2D eigenvalue weighted by atomic mass is 10.0. The summed E-state index contributed by atoms with van der Waals surface area (Å²) in [7, 11) is 0. The molecule has 0 aliphatic heterocycles. The number of nitrogens with two attached hydrogens (primary N) is 1. The number of aryl methyl sites for hydroxylation is 3. The van der Waals surface area contributed by atoms with Crippen LogP contribution in [0.5, 0.6) is 0 Å². The van der Waals surface area contributed by atoms with Crippen molar-refractivity contribution in [3.05, 3.63) is 39.2 Å². The van der Waals surface area contributed by atoms with Crippen LogP contribution in [0.4, 0.5) is 0 Å². The van der Waals surface area contributed by atoms with Crippen LogP contribution >= 0.6 is 11.3 Å². The van der Waals surface area contributed by atoms with Crippen LogP contribution in [0.25, 0.3) is 11.3 Å². The maximum atomic E-state index is 5.75. The van der Waals surface area contributed by atoms with Gasteiger partial charge in [-0.3, -0.25) is 0 Å². The first-order valence-corrected chi connectivity index (χ1v) is 6.17. The number of rotatable bonds is 2. The van der Waals surface area contributed by atoms with Crippen LogP contribution in [-0.2, 0) is 6.54 Å². The second-order valence-corrected chi connectivity index (χ2v) is 5.31. The fourth-order valence-corrected chi connectivity index (χ4v) is 2.73. The van der Waals surface area contributed by atoms with E-state index in [2.05, 4.69) is 37.0 Å². The van der Waals surface area contributed by atoms with Crippen LogP contribution in [0.2, 0.25) is 0 Å². The van der Waals surface area contributed by atoms with Crippen molar-refractivity contribution in [1.29, 1.82) is 0 Å². The van der Waals surface area contributed by atoms with Gasteiger partial charge >= 0.3 is 0 Å². The van der Waals surface area contributed by atoms with Gasteiger partial charge < -0.3 is 5.73 Å². The van der Waals surface area contributed by atoms with E-state index in [-0.39, 0.29) is 0 Å². The van der Waals surface area contributed by atoms with Gasteiger partial charge in [-0.15, -0.1) is 11.3 Å². The highest BCUT2D eigenvalue weighted by atomic mass is 32.1. The van der Waals surface area contributed by atoms with Crippen LogP contribution in [-0.4, -0.2) is 4.98 Å². The Labute approximate surface area is 100 Å². The van der Waals surface area contributed by atoms with E-state index >= 15 is 0 Å². The molecule has 0 aliphatic carbocycles. The molecule has 0 bridgehead atoms. The van der Waals surface area contributed by atoms with Crippen molar-refractivity contribution in [1.82, 2.24) is 4.98 Å². The number of nitrogens with zero attached hydrogens (tertiary/aromatic N) is 1. The van der Waals surface area contributed by atoms with E-state index in [1.165, 1.54) is 21.6 Å². The van der Waals surface area contributed by atoms with Crippen molar-refractivity contribution in [2.24, 2.45) is 5.73 Å². The number of hydrogen-bond acceptors (Lipinski definition) is 3. The first-order chi connectivity index (χ1) is 7.61. The summed E-state index contributed by atoms with van der Waals surface area (Å²) in [6.07, 6.45) is 0. The average Bonchev–Trinajstić information content (AvgIpc) is 2.59. The maximum Gasteiger partial charge on any atom is 0.0905 e. The van der Waals surface area contributed by atoms with E-state index in [0.29, 0.717) is 6.54 Å². The highest BCUT2D eigenvalue weighted by molar-refractivity contribution is 7.12. The zero-order valence-corrected chi connectivity index (χ0v) is 10.7. The summed E-state index contributed by atoms with van der Waals surface area (Å²) >= 11 is 1.69. The highest BCUT2D eigenvalue weighted by Crippen LogP contribution is 2.30. The predicted molar refractivity (Wildman–Crippen MR) is 69.7 cm³/mol. The summed E-state index contributed by atoms with van der Waals surface area (Å²) < 4.78 is 0. The standard InChI is InChI=1S/C13H16N2S/c1-8-4-5-11(9(2)6-8)13-12(7-14)16-10(3)15-13/h4-6H,7,14H2,1-3H3. The molecule has 16 heavy (non-hydrogen) atoms. The Morgan fingerprint density at radius 3 is 2.62 bits per heavy atom. The molecule has 1 heterocycles. The van der Waals surface area contributed by atoms with Gasteiger partial charge in [-0.2, -0.15) is 0 Å². The zero-order valence-electron chi connectivity index (χ0n) is 9.87. The summed E-state index contributed by atoms with van der Waals surface area (Å²) in [5, 5.41) is 1.08. The fraction of sp³-hybridized carbons (Fsp3) is 0.308. The fourth-order valence-electron chi connectivity index (χ4n) is 1.90. The van der Waals surface area contributed by atoms with E-state index in [9.17, 15) is 0 Å².